The molecule has 0 bridgehead atoms. The van der Waals surface area contributed by atoms with E-state index in [1.54, 1.807) is 30.1 Å². The molecule has 4 heteroatoms. The number of allylic oxidation sites excluding steroid dienone is 2. The van der Waals surface area contributed by atoms with Crippen molar-refractivity contribution in [1.29, 1.82) is 0 Å². The molecule has 1 aromatic carbocycles. The maximum Gasteiger partial charge on any atom is 0.223 e. The van der Waals surface area contributed by atoms with E-state index in [9.17, 15) is 9.18 Å². The maximum atomic E-state index is 13.3. The summed E-state index contributed by atoms with van der Waals surface area (Å²) in [6.07, 6.45) is 6.91. The third-order valence-corrected chi connectivity index (χ3v) is 3.50. The van der Waals surface area contributed by atoms with Crippen molar-refractivity contribution in [3.63, 3.8) is 0 Å². The highest BCUT2D eigenvalue weighted by Gasteiger charge is 2.16. The number of carbonyl (C=O) groups excluding carboxylic acids is 1. The second kappa shape index (κ2) is 7.08. The average Bonchev–Trinajstić information content (AvgIpc) is 2.93. The lowest BCUT2D eigenvalue weighted by Crippen LogP contribution is -2.31. The van der Waals surface area contributed by atoms with Crippen molar-refractivity contribution in [3.8, 4) is 5.75 Å². The Morgan fingerprint density at radius 3 is 2.95 bits per heavy atom. The van der Waals surface area contributed by atoms with E-state index in [1.165, 1.54) is 6.07 Å². The minimum Gasteiger partial charge on any atom is -0.489 e. The fourth-order valence-corrected chi connectivity index (χ4v) is 2.22. The van der Waals surface area contributed by atoms with Crippen LogP contribution in [-0.4, -0.2) is 31.0 Å². The zero-order valence-corrected chi connectivity index (χ0v) is 11.7. The lowest BCUT2D eigenvalue weighted by atomic mass is 10.0. The van der Waals surface area contributed by atoms with Crippen LogP contribution in [0.3, 0.4) is 0 Å². The van der Waals surface area contributed by atoms with Gasteiger partial charge in [0.05, 0.1) is 6.54 Å². The van der Waals surface area contributed by atoms with Gasteiger partial charge in [-0.15, -0.1) is 0 Å². The summed E-state index contributed by atoms with van der Waals surface area (Å²) in [6.45, 7) is 0.757. The number of likely N-dealkylation sites (N-methyl/N-ethyl adjacent to an activating group) is 1. The summed E-state index contributed by atoms with van der Waals surface area (Å²) in [5.74, 6) is 0.334. The molecule has 0 fully saturated rings. The topological polar surface area (TPSA) is 29.5 Å². The van der Waals surface area contributed by atoms with Gasteiger partial charge in [0.25, 0.3) is 0 Å². The molecule has 0 aromatic heterocycles. The number of halogens is 1. The number of hydrogen-bond donors (Lipinski definition) is 0. The summed E-state index contributed by atoms with van der Waals surface area (Å²) in [6, 6.07) is 6.28. The molecule has 2 rings (SSSR count). The number of nitrogens with zero attached hydrogens (tertiary/aromatic N) is 1. The Kier molecular flexibility index (Phi) is 5.16. The van der Waals surface area contributed by atoms with Crippen molar-refractivity contribution < 1.29 is 13.9 Å². The smallest absolute Gasteiger partial charge is 0.223 e. The van der Waals surface area contributed by atoms with Gasteiger partial charge in [0.1, 0.15) is 6.61 Å². The molecule has 1 unspecified atom stereocenters. The fourth-order valence-electron chi connectivity index (χ4n) is 2.22. The molecule has 3 nitrogen and oxygen atoms in total. The van der Waals surface area contributed by atoms with Gasteiger partial charge in [-0.1, -0.05) is 24.3 Å². The molecule has 1 aliphatic rings. The standard InChI is InChI=1S/C16H20FNO2/c1-18(16(19)12-13-6-2-3-7-13)10-11-20-15-9-5-4-8-14(15)17/h2,4-6,8-9,13H,3,7,10-12H2,1H3. The summed E-state index contributed by atoms with van der Waals surface area (Å²) >= 11 is 0. The van der Waals surface area contributed by atoms with Crippen LogP contribution in [-0.2, 0) is 4.79 Å². The zero-order valence-electron chi connectivity index (χ0n) is 11.7. The first-order valence-electron chi connectivity index (χ1n) is 6.95. The van der Waals surface area contributed by atoms with Gasteiger partial charge in [0.2, 0.25) is 5.91 Å². The Morgan fingerprint density at radius 1 is 1.45 bits per heavy atom. The van der Waals surface area contributed by atoms with Crippen molar-refractivity contribution in [3.05, 3.63) is 42.2 Å². The molecule has 0 N–H and O–H groups in total. The van der Waals surface area contributed by atoms with Crippen LogP contribution in [0.15, 0.2) is 36.4 Å². The second-order valence-corrected chi connectivity index (χ2v) is 5.06. The lowest BCUT2D eigenvalue weighted by Gasteiger charge is -2.19. The highest BCUT2D eigenvalue weighted by Crippen LogP contribution is 2.21. The number of hydrogen-bond acceptors (Lipinski definition) is 2. The molecular weight excluding hydrogens is 257 g/mol. The van der Waals surface area contributed by atoms with Crippen molar-refractivity contribution in [2.45, 2.75) is 19.3 Å². The van der Waals surface area contributed by atoms with Crippen molar-refractivity contribution >= 4 is 5.91 Å². The highest BCUT2D eigenvalue weighted by atomic mass is 19.1. The zero-order chi connectivity index (χ0) is 14.4. The largest absolute Gasteiger partial charge is 0.489 e. The quantitative estimate of drug-likeness (QED) is 0.748. The highest BCUT2D eigenvalue weighted by molar-refractivity contribution is 5.76. The third-order valence-electron chi connectivity index (χ3n) is 3.50. The summed E-state index contributed by atoms with van der Waals surface area (Å²) in [5, 5.41) is 0. The molecule has 1 atom stereocenters. The first-order valence-corrected chi connectivity index (χ1v) is 6.95. The average molecular weight is 277 g/mol. The third kappa shape index (κ3) is 4.08. The summed E-state index contributed by atoms with van der Waals surface area (Å²) in [7, 11) is 1.76. The van der Waals surface area contributed by atoms with E-state index in [0.29, 0.717) is 25.5 Å². The van der Waals surface area contributed by atoms with Gasteiger partial charge in [-0.3, -0.25) is 4.79 Å². The predicted molar refractivity (Wildman–Crippen MR) is 76.0 cm³/mol. The van der Waals surface area contributed by atoms with Crippen molar-refractivity contribution in [1.82, 2.24) is 4.90 Å². The van der Waals surface area contributed by atoms with Gasteiger partial charge >= 0.3 is 0 Å². The number of benzene rings is 1. The van der Waals surface area contributed by atoms with Gasteiger partial charge in [-0.25, -0.2) is 4.39 Å². The monoisotopic (exact) mass is 277 g/mol. The Bertz CT molecular complexity index is 487. The van der Waals surface area contributed by atoms with Crippen LogP contribution in [0.5, 0.6) is 5.75 Å². The van der Waals surface area contributed by atoms with Crippen molar-refractivity contribution in [2.24, 2.45) is 5.92 Å². The molecule has 20 heavy (non-hydrogen) atoms. The summed E-state index contributed by atoms with van der Waals surface area (Å²) in [4.78, 5) is 13.6. The Balaban J connectivity index is 1.71. The number of para-hydroxylation sites is 1. The first-order chi connectivity index (χ1) is 9.66. The van der Waals surface area contributed by atoms with E-state index in [1.807, 2.05) is 0 Å². The lowest BCUT2D eigenvalue weighted by molar-refractivity contribution is -0.130. The van der Waals surface area contributed by atoms with E-state index < -0.39 is 0 Å². The maximum absolute atomic E-state index is 13.3. The van der Waals surface area contributed by atoms with Crippen LogP contribution in [0, 0.1) is 11.7 Å². The van der Waals surface area contributed by atoms with Crippen LogP contribution >= 0.6 is 0 Å². The van der Waals surface area contributed by atoms with E-state index in [4.69, 9.17) is 4.74 Å². The van der Waals surface area contributed by atoms with Gasteiger partial charge in [0, 0.05) is 13.5 Å². The van der Waals surface area contributed by atoms with Crippen LogP contribution in [0.4, 0.5) is 4.39 Å². The molecule has 1 amide bonds. The second-order valence-electron chi connectivity index (χ2n) is 5.06. The van der Waals surface area contributed by atoms with Crippen LogP contribution in [0.1, 0.15) is 19.3 Å². The van der Waals surface area contributed by atoms with Crippen LogP contribution < -0.4 is 4.74 Å². The first kappa shape index (κ1) is 14.6. The van der Waals surface area contributed by atoms with Crippen molar-refractivity contribution in [2.75, 3.05) is 20.2 Å². The molecule has 0 saturated carbocycles. The number of rotatable bonds is 6. The molecule has 0 saturated heterocycles. The molecule has 0 aliphatic heterocycles. The molecular formula is C16H20FNO2. The Morgan fingerprint density at radius 2 is 2.25 bits per heavy atom. The SMILES string of the molecule is CN(CCOc1ccccc1F)C(=O)CC1C=CCC1. The number of ether oxygens (including phenoxy) is 1. The molecule has 0 heterocycles. The Hall–Kier alpha value is -1.84. The summed E-state index contributed by atoms with van der Waals surface area (Å²) < 4.78 is 18.7. The van der Waals surface area contributed by atoms with Gasteiger partial charge in [-0.2, -0.15) is 0 Å². The molecule has 1 aliphatic carbocycles. The minimum atomic E-state index is -0.377. The number of amides is 1. The molecule has 1 aromatic rings. The van der Waals surface area contributed by atoms with Crippen LogP contribution in [0.25, 0.3) is 0 Å². The van der Waals surface area contributed by atoms with E-state index in [-0.39, 0.29) is 17.5 Å². The van der Waals surface area contributed by atoms with Crippen LogP contribution in [0.2, 0.25) is 0 Å². The van der Waals surface area contributed by atoms with E-state index in [2.05, 4.69) is 12.2 Å². The Labute approximate surface area is 119 Å². The fraction of sp³-hybridized carbons (Fsp3) is 0.438. The number of carbonyl (C=O) groups is 1. The molecule has 0 radical (unpaired) electrons. The van der Waals surface area contributed by atoms with Gasteiger partial charge in [0.15, 0.2) is 11.6 Å². The minimum absolute atomic E-state index is 0.110. The molecule has 0 spiro atoms. The van der Waals surface area contributed by atoms with Gasteiger partial charge < -0.3 is 9.64 Å². The molecule has 108 valence electrons. The van der Waals surface area contributed by atoms with E-state index in [0.717, 1.165) is 12.8 Å². The normalized spacial score (nSPS) is 17.2. The van der Waals surface area contributed by atoms with Gasteiger partial charge in [-0.05, 0) is 30.9 Å². The summed E-state index contributed by atoms with van der Waals surface area (Å²) in [5.41, 5.74) is 0. The van der Waals surface area contributed by atoms with E-state index >= 15 is 0 Å². The predicted octanol–water partition coefficient (Wildman–Crippen LogP) is 3.02.